The van der Waals surface area contributed by atoms with Crippen LogP contribution < -0.4 is 5.73 Å². The van der Waals surface area contributed by atoms with Crippen molar-refractivity contribution in [3.05, 3.63) is 0 Å². The number of piperidine rings is 1. The minimum absolute atomic E-state index is 0.00243. The summed E-state index contributed by atoms with van der Waals surface area (Å²) in [7, 11) is 0. The first-order valence-corrected chi connectivity index (χ1v) is 7.39. The summed E-state index contributed by atoms with van der Waals surface area (Å²) in [6.07, 6.45) is 4.12. The monoisotopic (exact) mass is 269 g/mol. The Morgan fingerprint density at radius 1 is 1.47 bits per heavy atom. The number of aliphatic hydroxyl groups is 1. The lowest BCUT2D eigenvalue weighted by atomic mass is 9.84. The molecule has 0 spiro atoms. The molecule has 2 aliphatic heterocycles. The van der Waals surface area contributed by atoms with Crippen molar-refractivity contribution >= 4 is 5.96 Å². The van der Waals surface area contributed by atoms with Gasteiger partial charge in [0.2, 0.25) is 0 Å². The van der Waals surface area contributed by atoms with Gasteiger partial charge < -0.3 is 20.5 Å². The highest BCUT2D eigenvalue weighted by atomic mass is 16.5. The van der Waals surface area contributed by atoms with Crippen LogP contribution in [0.5, 0.6) is 0 Å². The molecule has 1 atom stereocenters. The Hall–Kier alpha value is -0.810. The molecule has 0 saturated carbocycles. The van der Waals surface area contributed by atoms with Gasteiger partial charge in [-0.2, -0.15) is 0 Å². The van der Waals surface area contributed by atoms with Crippen molar-refractivity contribution in [1.29, 1.82) is 0 Å². The SMILES string of the molecule is CC1CCN(C(N)=NCC2(CCO)CCOC2)CC1. The molecule has 2 rings (SSSR count). The second-order valence-corrected chi connectivity index (χ2v) is 6.12. The fourth-order valence-electron chi connectivity index (χ4n) is 2.87. The number of hydrogen-bond acceptors (Lipinski definition) is 3. The number of guanidine groups is 1. The van der Waals surface area contributed by atoms with Gasteiger partial charge >= 0.3 is 0 Å². The molecule has 0 amide bonds. The van der Waals surface area contributed by atoms with Crippen molar-refractivity contribution in [2.45, 2.75) is 32.6 Å². The topological polar surface area (TPSA) is 71.1 Å². The van der Waals surface area contributed by atoms with Crippen LogP contribution in [0.4, 0.5) is 0 Å². The molecule has 0 aromatic rings. The zero-order valence-corrected chi connectivity index (χ0v) is 12.0. The molecule has 0 aliphatic carbocycles. The Morgan fingerprint density at radius 3 is 2.79 bits per heavy atom. The van der Waals surface area contributed by atoms with E-state index in [0.717, 1.165) is 38.5 Å². The third kappa shape index (κ3) is 3.83. The van der Waals surface area contributed by atoms with E-state index in [4.69, 9.17) is 10.5 Å². The summed E-state index contributed by atoms with van der Waals surface area (Å²) in [5.74, 6) is 1.46. The molecular weight excluding hydrogens is 242 g/mol. The first-order valence-electron chi connectivity index (χ1n) is 7.39. The minimum atomic E-state index is 0.00243. The standard InChI is InChI=1S/C14H27N3O2/c1-12-2-6-17(7-3-12)13(15)16-10-14(4-8-18)5-9-19-11-14/h12,18H,2-11H2,1H3,(H2,15,16). The molecule has 19 heavy (non-hydrogen) atoms. The zero-order chi connectivity index (χ0) is 13.7. The van der Waals surface area contributed by atoms with E-state index in [1.807, 2.05) is 0 Å². The van der Waals surface area contributed by atoms with E-state index in [1.54, 1.807) is 0 Å². The van der Waals surface area contributed by atoms with E-state index in [9.17, 15) is 5.11 Å². The summed E-state index contributed by atoms with van der Waals surface area (Å²) >= 11 is 0. The molecule has 3 N–H and O–H groups in total. The van der Waals surface area contributed by atoms with Crippen LogP contribution in [0.25, 0.3) is 0 Å². The lowest BCUT2D eigenvalue weighted by Gasteiger charge is -2.32. The summed E-state index contributed by atoms with van der Waals surface area (Å²) in [6, 6.07) is 0. The van der Waals surface area contributed by atoms with Crippen molar-refractivity contribution in [3.8, 4) is 0 Å². The van der Waals surface area contributed by atoms with Crippen molar-refractivity contribution in [2.75, 3.05) is 39.5 Å². The van der Waals surface area contributed by atoms with Crippen LogP contribution in [0.1, 0.15) is 32.6 Å². The van der Waals surface area contributed by atoms with E-state index in [0.29, 0.717) is 19.1 Å². The van der Waals surface area contributed by atoms with Crippen LogP contribution >= 0.6 is 0 Å². The highest BCUT2D eigenvalue weighted by Gasteiger charge is 2.34. The Bertz CT molecular complexity index is 306. The van der Waals surface area contributed by atoms with Gasteiger partial charge in [0, 0.05) is 31.7 Å². The molecule has 2 saturated heterocycles. The smallest absolute Gasteiger partial charge is 0.191 e. The first kappa shape index (κ1) is 14.6. The largest absolute Gasteiger partial charge is 0.396 e. The first-order chi connectivity index (χ1) is 9.15. The van der Waals surface area contributed by atoms with Gasteiger partial charge in [-0.3, -0.25) is 4.99 Å². The maximum atomic E-state index is 9.19. The number of ether oxygens (including phenoxy) is 1. The van der Waals surface area contributed by atoms with Crippen LogP contribution in [0.3, 0.4) is 0 Å². The number of likely N-dealkylation sites (tertiary alicyclic amines) is 1. The van der Waals surface area contributed by atoms with Gasteiger partial charge in [0.15, 0.2) is 5.96 Å². The predicted octanol–water partition coefficient (Wildman–Crippen LogP) is 0.822. The van der Waals surface area contributed by atoms with E-state index in [-0.39, 0.29) is 12.0 Å². The maximum absolute atomic E-state index is 9.19. The maximum Gasteiger partial charge on any atom is 0.191 e. The fraction of sp³-hybridized carbons (Fsp3) is 0.929. The molecule has 5 heteroatoms. The normalized spacial score (nSPS) is 30.0. The lowest BCUT2D eigenvalue weighted by molar-refractivity contribution is 0.130. The second kappa shape index (κ2) is 6.57. The summed E-state index contributed by atoms with van der Waals surface area (Å²) in [6.45, 7) is 6.65. The third-order valence-electron chi connectivity index (χ3n) is 4.51. The fourth-order valence-corrected chi connectivity index (χ4v) is 2.87. The second-order valence-electron chi connectivity index (χ2n) is 6.12. The molecule has 2 heterocycles. The van der Waals surface area contributed by atoms with Crippen molar-refractivity contribution in [3.63, 3.8) is 0 Å². The van der Waals surface area contributed by atoms with E-state index in [1.165, 1.54) is 12.8 Å². The average molecular weight is 269 g/mol. The molecular formula is C14H27N3O2. The van der Waals surface area contributed by atoms with E-state index >= 15 is 0 Å². The Kier molecular flexibility index (Phi) is 5.05. The summed E-state index contributed by atoms with van der Waals surface area (Å²) < 4.78 is 5.47. The Balaban J connectivity index is 1.89. The molecule has 5 nitrogen and oxygen atoms in total. The number of hydrogen-bond donors (Lipinski definition) is 2. The van der Waals surface area contributed by atoms with Gasteiger partial charge in [-0.05, 0) is 31.6 Å². The van der Waals surface area contributed by atoms with E-state index < -0.39 is 0 Å². The van der Waals surface area contributed by atoms with Gasteiger partial charge in [0.05, 0.1) is 13.2 Å². The highest BCUT2D eigenvalue weighted by molar-refractivity contribution is 5.78. The quantitative estimate of drug-likeness (QED) is 0.585. The summed E-state index contributed by atoms with van der Waals surface area (Å²) in [5.41, 5.74) is 6.10. The molecule has 0 radical (unpaired) electrons. The summed E-state index contributed by atoms with van der Waals surface area (Å²) in [4.78, 5) is 6.76. The van der Waals surface area contributed by atoms with Crippen LogP contribution in [0.2, 0.25) is 0 Å². The van der Waals surface area contributed by atoms with Crippen LogP contribution in [0.15, 0.2) is 4.99 Å². The van der Waals surface area contributed by atoms with Gasteiger partial charge in [-0.15, -0.1) is 0 Å². The number of nitrogens with two attached hydrogens (primary N) is 1. The highest BCUT2D eigenvalue weighted by Crippen LogP contribution is 2.32. The number of aliphatic imine (C=N–C) groups is 1. The number of nitrogens with zero attached hydrogens (tertiary/aromatic N) is 2. The van der Waals surface area contributed by atoms with Gasteiger partial charge in [-0.1, -0.05) is 6.92 Å². The minimum Gasteiger partial charge on any atom is -0.396 e. The zero-order valence-electron chi connectivity index (χ0n) is 12.0. The van der Waals surface area contributed by atoms with E-state index in [2.05, 4.69) is 16.8 Å². The van der Waals surface area contributed by atoms with Crippen LogP contribution in [-0.4, -0.2) is 55.4 Å². The van der Waals surface area contributed by atoms with Gasteiger partial charge in [0.1, 0.15) is 0 Å². The van der Waals surface area contributed by atoms with Crippen molar-refractivity contribution in [1.82, 2.24) is 4.90 Å². The van der Waals surface area contributed by atoms with Crippen molar-refractivity contribution < 1.29 is 9.84 Å². The van der Waals surface area contributed by atoms with Crippen LogP contribution in [0, 0.1) is 11.3 Å². The predicted molar refractivity (Wildman–Crippen MR) is 76.0 cm³/mol. The van der Waals surface area contributed by atoms with Crippen LogP contribution in [-0.2, 0) is 4.74 Å². The third-order valence-corrected chi connectivity index (χ3v) is 4.51. The molecule has 1 unspecified atom stereocenters. The Morgan fingerprint density at radius 2 is 2.21 bits per heavy atom. The summed E-state index contributed by atoms with van der Waals surface area (Å²) in [5, 5.41) is 9.19. The molecule has 0 aromatic carbocycles. The van der Waals surface area contributed by atoms with Crippen molar-refractivity contribution in [2.24, 2.45) is 22.1 Å². The lowest BCUT2D eigenvalue weighted by Crippen LogP contribution is -2.43. The average Bonchev–Trinajstić information content (AvgIpc) is 2.86. The molecule has 0 bridgehead atoms. The molecule has 0 aromatic heterocycles. The number of rotatable bonds is 4. The molecule has 110 valence electrons. The number of aliphatic hydroxyl groups excluding tert-OH is 1. The Labute approximate surface area is 115 Å². The molecule has 2 fully saturated rings. The molecule has 2 aliphatic rings. The van der Waals surface area contributed by atoms with Gasteiger partial charge in [0.25, 0.3) is 0 Å². The van der Waals surface area contributed by atoms with Gasteiger partial charge in [-0.25, -0.2) is 0 Å².